The fourth-order valence-electron chi connectivity index (χ4n) is 1.97. The van der Waals surface area contributed by atoms with E-state index in [9.17, 15) is 0 Å². The lowest BCUT2D eigenvalue weighted by Crippen LogP contribution is -2.25. The molecule has 3 nitrogen and oxygen atoms in total. The van der Waals surface area contributed by atoms with Crippen LogP contribution in [0.2, 0.25) is 0 Å². The number of furan rings is 1. The van der Waals surface area contributed by atoms with Crippen LogP contribution in [0.5, 0.6) is 0 Å². The number of hydrogen-bond acceptors (Lipinski definition) is 3. The number of rotatable bonds is 3. The minimum absolute atomic E-state index is 0.473. The van der Waals surface area contributed by atoms with Gasteiger partial charge < -0.3 is 9.15 Å². The lowest BCUT2D eigenvalue weighted by Gasteiger charge is -2.17. The summed E-state index contributed by atoms with van der Waals surface area (Å²) in [4.78, 5) is 2.40. The van der Waals surface area contributed by atoms with Crippen LogP contribution in [0.15, 0.2) is 16.5 Å². The normalized spacial score (nSPS) is 18.9. The van der Waals surface area contributed by atoms with Crippen molar-refractivity contribution in [3.63, 3.8) is 0 Å². The predicted octanol–water partition coefficient (Wildman–Crippen LogP) is 2.63. The van der Waals surface area contributed by atoms with Crippen LogP contribution < -0.4 is 0 Å². The summed E-state index contributed by atoms with van der Waals surface area (Å²) in [6.07, 6.45) is 1.12. The van der Waals surface area contributed by atoms with Crippen molar-refractivity contribution in [1.82, 2.24) is 4.90 Å². The minimum Gasteiger partial charge on any atom is -0.464 e. The number of hydrogen-bond donors (Lipinski definition) is 0. The fraction of sp³-hybridized carbons (Fsp3) is 0.692. The Labute approximate surface area is 97.4 Å². The third kappa shape index (κ3) is 3.09. The molecule has 1 aromatic rings. The molecule has 2 rings (SSSR count). The molecule has 0 atom stereocenters. The van der Waals surface area contributed by atoms with Crippen LogP contribution in [0.25, 0.3) is 0 Å². The zero-order valence-corrected chi connectivity index (χ0v) is 10.2. The molecule has 1 aromatic heterocycles. The molecule has 0 radical (unpaired) electrons. The van der Waals surface area contributed by atoms with Gasteiger partial charge in [-0.3, -0.25) is 4.90 Å². The van der Waals surface area contributed by atoms with Gasteiger partial charge in [0.25, 0.3) is 0 Å². The highest BCUT2D eigenvalue weighted by atomic mass is 16.5. The quantitative estimate of drug-likeness (QED) is 0.787. The summed E-state index contributed by atoms with van der Waals surface area (Å²) in [7, 11) is 0. The molecule has 0 N–H and O–H groups in total. The summed E-state index contributed by atoms with van der Waals surface area (Å²) in [6, 6.07) is 4.19. The van der Waals surface area contributed by atoms with Gasteiger partial charge in [0.05, 0.1) is 13.2 Å². The molecule has 16 heavy (non-hydrogen) atoms. The van der Waals surface area contributed by atoms with Gasteiger partial charge >= 0.3 is 0 Å². The standard InChI is InChI=1S/C13H21NO2/c1-11(2)13-5-4-12(16-13)10-14-6-3-8-15-9-7-14/h4-5,11H,3,6-10H2,1-2H3. The van der Waals surface area contributed by atoms with Crippen molar-refractivity contribution in [3.8, 4) is 0 Å². The van der Waals surface area contributed by atoms with Crippen molar-refractivity contribution < 1.29 is 9.15 Å². The van der Waals surface area contributed by atoms with E-state index in [-0.39, 0.29) is 0 Å². The molecule has 90 valence electrons. The van der Waals surface area contributed by atoms with Gasteiger partial charge in [0.1, 0.15) is 11.5 Å². The highest BCUT2D eigenvalue weighted by Gasteiger charge is 2.12. The van der Waals surface area contributed by atoms with Crippen LogP contribution in [0.4, 0.5) is 0 Å². The molecule has 2 heterocycles. The highest BCUT2D eigenvalue weighted by Crippen LogP contribution is 2.18. The summed E-state index contributed by atoms with van der Waals surface area (Å²) in [5.41, 5.74) is 0. The number of nitrogens with zero attached hydrogens (tertiary/aromatic N) is 1. The molecule has 0 amide bonds. The molecular weight excluding hydrogens is 202 g/mol. The molecular formula is C13H21NO2. The van der Waals surface area contributed by atoms with E-state index in [1.807, 2.05) is 0 Å². The Kier molecular flexibility index (Phi) is 4.02. The van der Waals surface area contributed by atoms with Gasteiger partial charge in [-0.25, -0.2) is 0 Å². The van der Waals surface area contributed by atoms with Crippen molar-refractivity contribution >= 4 is 0 Å². The smallest absolute Gasteiger partial charge is 0.118 e. The van der Waals surface area contributed by atoms with Crippen molar-refractivity contribution in [1.29, 1.82) is 0 Å². The molecule has 0 aliphatic carbocycles. The first-order valence-corrected chi connectivity index (χ1v) is 6.14. The highest BCUT2D eigenvalue weighted by molar-refractivity contribution is 5.10. The first kappa shape index (κ1) is 11.7. The predicted molar refractivity (Wildman–Crippen MR) is 63.5 cm³/mol. The zero-order chi connectivity index (χ0) is 11.4. The molecule has 0 spiro atoms. The molecule has 0 saturated carbocycles. The van der Waals surface area contributed by atoms with Crippen LogP contribution in [0.3, 0.4) is 0 Å². The van der Waals surface area contributed by atoms with Crippen molar-refractivity contribution in [2.75, 3.05) is 26.3 Å². The first-order chi connectivity index (χ1) is 7.75. The second-order valence-corrected chi connectivity index (χ2v) is 4.70. The van der Waals surface area contributed by atoms with E-state index in [4.69, 9.17) is 9.15 Å². The van der Waals surface area contributed by atoms with Gasteiger partial charge in [0.2, 0.25) is 0 Å². The van der Waals surface area contributed by atoms with Crippen molar-refractivity contribution in [3.05, 3.63) is 23.7 Å². The van der Waals surface area contributed by atoms with E-state index in [1.165, 1.54) is 0 Å². The molecule has 1 aliphatic heterocycles. The van der Waals surface area contributed by atoms with Gasteiger partial charge in [-0.05, 0) is 18.6 Å². The first-order valence-electron chi connectivity index (χ1n) is 6.14. The molecule has 1 fully saturated rings. The van der Waals surface area contributed by atoms with E-state index in [2.05, 4.69) is 30.9 Å². The third-order valence-electron chi connectivity index (χ3n) is 2.95. The van der Waals surface area contributed by atoms with E-state index in [1.54, 1.807) is 0 Å². The topological polar surface area (TPSA) is 25.6 Å². The van der Waals surface area contributed by atoms with Gasteiger partial charge in [0, 0.05) is 25.6 Å². The number of ether oxygens (including phenoxy) is 1. The van der Waals surface area contributed by atoms with Crippen molar-refractivity contribution in [2.24, 2.45) is 0 Å². The van der Waals surface area contributed by atoms with Crippen LogP contribution >= 0.6 is 0 Å². The zero-order valence-electron chi connectivity index (χ0n) is 10.2. The largest absolute Gasteiger partial charge is 0.464 e. The monoisotopic (exact) mass is 223 g/mol. The van der Waals surface area contributed by atoms with E-state index in [0.29, 0.717) is 5.92 Å². The van der Waals surface area contributed by atoms with Crippen LogP contribution in [-0.2, 0) is 11.3 Å². The summed E-state index contributed by atoms with van der Waals surface area (Å²) >= 11 is 0. The Bertz CT molecular complexity index is 311. The van der Waals surface area contributed by atoms with E-state index >= 15 is 0 Å². The van der Waals surface area contributed by atoms with E-state index < -0.39 is 0 Å². The summed E-state index contributed by atoms with van der Waals surface area (Å²) in [5.74, 6) is 2.63. The van der Waals surface area contributed by atoms with Crippen LogP contribution in [0.1, 0.15) is 37.7 Å². The minimum atomic E-state index is 0.473. The van der Waals surface area contributed by atoms with Gasteiger partial charge in [-0.2, -0.15) is 0 Å². The van der Waals surface area contributed by atoms with E-state index in [0.717, 1.165) is 50.8 Å². The third-order valence-corrected chi connectivity index (χ3v) is 2.95. The molecule has 0 bridgehead atoms. The maximum atomic E-state index is 5.81. The van der Waals surface area contributed by atoms with Crippen LogP contribution in [0, 0.1) is 0 Å². The molecule has 3 heteroatoms. The lowest BCUT2D eigenvalue weighted by molar-refractivity contribution is 0.139. The fourth-order valence-corrected chi connectivity index (χ4v) is 1.97. The second-order valence-electron chi connectivity index (χ2n) is 4.70. The molecule has 0 unspecified atom stereocenters. The summed E-state index contributed by atoms with van der Waals surface area (Å²) < 4.78 is 11.2. The van der Waals surface area contributed by atoms with Gasteiger partial charge in [-0.15, -0.1) is 0 Å². The Balaban J connectivity index is 1.91. The average molecular weight is 223 g/mol. The van der Waals surface area contributed by atoms with Crippen molar-refractivity contribution in [2.45, 2.75) is 32.7 Å². The van der Waals surface area contributed by atoms with Gasteiger partial charge in [-0.1, -0.05) is 13.8 Å². The Morgan fingerprint density at radius 2 is 2.12 bits per heavy atom. The summed E-state index contributed by atoms with van der Waals surface area (Å²) in [6.45, 7) is 9.08. The second kappa shape index (κ2) is 5.51. The maximum absolute atomic E-state index is 5.81. The van der Waals surface area contributed by atoms with Gasteiger partial charge in [0.15, 0.2) is 0 Å². The summed E-state index contributed by atoms with van der Waals surface area (Å²) in [5, 5.41) is 0. The Morgan fingerprint density at radius 3 is 2.88 bits per heavy atom. The Hall–Kier alpha value is -0.800. The lowest BCUT2D eigenvalue weighted by atomic mass is 10.2. The average Bonchev–Trinajstić information content (AvgIpc) is 2.56. The SMILES string of the molecule is CC(C)c1ccc(CN2CCCOCC2)o1. The molecule has 1 aliphatic rings. The Morgan fingerprint density at radius 1 is 1.25 bits per heavy atom. The molecule has 0 aromatic carbocycles. The van der Waals surface area contributed by atoms with Crippen LogP contribution in [-0.4, -0.2) is 31.2 Å². The molecule has 1 saturated heterocycles. The maximum Gasteiger partial charge on any atom is 0.118 e.